The number of anilines is 1. The van der Waals surface area contributed by atoms with Crippen LogP contribution in [0.5, 0.6) is 0 Å². The largest absolute Gasteiger partial charge is 0.385 e. The molecule has 0 saturated carbocycles. The average molecular weight is 481 g/mol. The topological polar surface area (TPSA) is 85.2 Å². The van der Waals surface area contributed by atoms with Crippen molar-refractivity contribution in [2.45, 2.75) is 52.4 Å². The van der Waals surface area contributed by atoms with Crippen molar-refractivity contribution < 1.29 is 14.3 Å². The summed E-state index contributed by atoms with van der Waals surface area (Å²) in [5.74, 6) is -0.249. The van der Waals surface area contributed by atoms with E-state index < -0.39 is 0 Å². The van der Waals surface area contributed by atoms with Crippen molar-refractivity contribution in [1.82, 2.24) is 15.1 Å². The Labute approximate surface area is 204 Å². The van der Waals surface area contributed by atoms with Gasteiger partial charge < -0.3 is 15.4 Å². The van der Waals surface area contributed by atoms with Crippen LogP contribution in [0.15, 0.2) is 30.3 Å². The summed E-state index contributed by atoms with van der Waals surface area (Å²) in [7, 11) is 1.65. The molecule has 8 heteroatoms. The van der Waals surface area contributed by atoms with E-state index in [9.17, 15) is 9.59 Å². The molecule has 1 aliphatic carbocycles. The highest BCUT2D eigenvalue weighted by atomic mass is 32.1. The van der Waals surface area contributed by atoms with Crippen LogP contribution in [-0.2, 0) is 28.8 Å². The zero-order valence-electron chi connectivity index (χ0n) is 20.1. The molecule has 0 fully saturated rings. The van der Waals surface area contributed by atoms with Crippen molar-refractivity contribution in [2.75, 3.05) is 25.6 Å². The van der Waals surface area contributed by atoms with E-state index in [-0.39, 0.29) is 18.2 Å². The van der Waals surface area contributed by atoms with Gasteiger partial charge in [0.2, 0.25) is 5.91 Å². The van der Waals surface area contributed by atoms with Gasteiger partial charge in [0, 0.05) is 36.4 Å². The second kappa shape index (κ2) is 11.0. The monoisotopic (exact) mass is 480 g/mol. The van der Waals surface area contributed by atoms with Crippen LogP contribution < -0.4 is 10.6 Å². The van der Waals surface area contributed by atoms with Crippen LogP contribution in [0.2, 0.25) is 0 Å². The summed E-state index contributed by atoms with van der Waals surface area (Å²) in [5.41, 5.74) is 5.39. The number of thiophene rings is 1. The van der Waals surface area contributed by atoms with Crippen LogP contribution in [0.3, 0.4) is 0 Å². The number of fused-ring (bicyclic) bond motifs is 1. The minimum Gasteiger partial charge on any atom is -0.385 e. The van der Waals surface area contributed by atoms with Crippen LogP contribution in [0, 0.1) is 13.8 Å². The lowest BCUT2D eigenvalue weighted by molar-refractivity contribution is -0.115. The summed E-state index contributed by atoms with van der Waals surface area (Å²) in [6.07, 6.45) is 4.99. The molecule has 0 radical (unpaired) electrons. The third-order valence-electron chi connectivity index (χ3n) is 6.24. The number of para-hydroxylation sites is 1. The Bertz CT molecular complexity index is 1170. The maximum atomic E-state index is 13.1. The summed E-state index contributed by atoms with van der Waals surface area (Å²) in [6.45, 7) is 5.05. The molecule has 34 heavy (non-hydrogen) atoms. The first-order valence-electron chi connectivity index (χ1n) is 11.8. The van der Waals surface area contributed by atoms with Gasteiger partial charge in [-0.05, 0) is 63.6 Å². The van der Waals surface area contributed by atoms with Crippen LogP contribution in [-0.4, -0.2) is 41.9 Å². The van der Waals surface area contributed by atoms with E-state index in [0.717, 1.165) is 60.3 Å². The third-order valence-corrected chi connectivity index (χ3v) is 7.45. The molecule has 1 aliphatic rings. The number of hydrogen-bond acceptors (Lipinski definition) is 5. The fraction of sp³-hybridized carbons (Fsp3) is 0.423. The average Bonchev–Trinajstić information content (AvgIpc) is 3.34. The number of ether oxygens (including phenoxy) is 1. The summed E-state index contributed by atoms with van der Waals surface area (Å²) < 4.78 is 6.95. The molecule has 0 unspecified atom stereocenters. The molecule has 2 heterocycles. The standard InChI is InChI=1S/C26H32N4O3S/c1-17-21(18(2)30(29-17)19-10-5-4-6-11-19)16-23(31)28-26-24(25(32)27-14-9-15-33-3)20-12-7-8-13-22(20)34-26/h4-6,10-11H,7-9,12-16H2,1-3H3,(H,27,32)(H,28,31). The predicted octanol–water partition coefficient (Wildman–Crippen LogP) is 4.38. The lowest BCUT2D eigenvalue weighted by Crippen LogP contribution is -2.27. The molecule has 2 N–H and O–H groups in total. The van der Waals surface area contributed by atoms with Crippen molar-refractivity contribution >= 4 is 28.2 Å². The molecule has 3 aromatic rings. The molecular weight excluding hydrogens is 448 g/mol. The number of amides is 2. The molecule has 2 amide bonds. The number of aromatic nitrogens is 2. The summed E-state index contributed by atoms with van der Waals surface area (Å²) in [6, 6.07) is 9.90. The fourth-order valence-electron chi connectivity index (χ4n) is 4.48. The first kappa shape index (κ1) is 24.2. The van der Waals surface area contributed by atoms with Gasteiger partial charge in [-0.25, -0.2) is 4.68 Å². The van der Waals surface area contributed by atoms with E-state index in [0.29, 0.717) is 23.7 Å². The summed E-state index contributed by atoms with van der Waals surface area (Å²) >= 11 is 1.55. The van der Waals surface area contributed by atoms with Gasteiger partial charge in [-0.2, -0.15) is 5.10 Å². The normalized spacial score (nSPS) is 12.9. The fourth-order valence-corrected chi connectivity index (χ4v) is 5.79. The third kappa shape index (κ3) is 5.23. The van der Waals surface area contributed by atoms with E-state index in [2.05, 4.69) is 15.7 Å². The minimum absolute atomic E-state index is 0.116. The molecule has 0 aliphatic heterocycles. The number of benzene rings is 1. The van der Waals surface area contributed by atoms with Gasteiger partial charge in [0.05, 0.1) is 23.4 Å². The quantitative estimate of drug-likeness (QED) is 0.445. The lowest BCUT2D eigenvalue weighted by Gasteiger charge is -2.13. The number of methoxy groups -OCH3 is 1. The zero-order valence-corrected chi connectivity index (χ0v) is 20.9. The van der Waals surface area contributed by atoms with E-state index in [1.165, 1.54) is 4.88 Å². The maximum absolute atomic E-state index is 13.1. The summed E-state index contributed by atoms with van der Waals surface area (Å²) in [4.78, 5) is 27.4. The van der Waals surface area contributed by atoms with Crippen LogP contribution in [0.25, 0.3) is 5.69 Å². The van der Waals surface area contributed by atoms with E-state index >= 15 is 0 Å². The van der Waals surface area contributed by atoms with E-state index in [1.807, 2.05) is 48.9 Å². The highest BCUT2D eigenvalue weighted by Crippen LogP contribution is 2.38. The van der Waals surface area contributed by atoms with Gasteiger partial charge in [0.15, 0.2) is 0 Å². The van der Waals surface area contributed by atoms with Crippen LogP contribution in [0.1, 0.15) is 57.0 Å². The second-order valence-corrected chi connectivity index (χ2v) is 9.74. The molecular formula is C26H32N4O3S. The van der Waals surface area contributed by atoms with Crippen molar-refractivity contribution in [1.29, 1.82) is 0 Å². The number of carbonyl (C=O) groups is 2. The van der Waals surface area contributed by atoms with Crippen LogP contribution in [0.4, 0.5) is 5.00 Å². The number of nitrogens with zero attached hydrogens (tertiary/aromatic N) is 2. The van der Waals surface area contributed by atoms with Crippen LogP contribution >= 0.6 is 11.3 Å². The smallest absolute Gasteiger partial charge is 0.254 e. The lowest BCUT2D eigenvalue weighted by atomic mass is 9.95. The predicted molar refractivity (Wildman–Crippen MR) is 135 cm³/mol. The summed E-state index contributed by atoms with van der Waals surface area (Å²) in [5, 5.41) is 11.4. The molecule has 4 rings (SSSR count). The van der Waals surface area contributed by atoms with Crippen molar-refractivity contribution in [2.24, 2.45) is 0 Å². The number of rotatable bonds is 9. The molecule has 2 aromatic heterocycles. The minimum atomic E-state index is -0.133. The van der Waals surface area contributed by atoms with Gasteiger partial charge in [-0.1, -0.05) is 18.2 Å². The highest BCUT2D eigenvalue weighted by molar-refractivity contribution is 7.17. The number of carbonyl (C=O) groups excluding carboxylic acids is 2. The first-order valence-corrected chi connectivity index (χ1v) is 12.6. The molecule has 180 valence electrons. The highest BCUT2D eigenvalue weighted by Gasteiger charge is 2.26. The Hall–Kier alpha value is -2.97. The van der Waals surface area contributed by atoms with Gasteiger partial charge in [0.25, 0.3) is 5.91 Å². The maximum Gasteiger partial charge on any atom is 0.254 e. The second-order valence-electron chi connectivity index (χ2n) is 8.64. The molecule has 1 aromatic carbocycles. The number of nitrogens with one attached hydrogen (secondary N) is 2. The van der Waals surface area contributed by atoms with Gasteiger partial charge in [-0.3, -0.25) is 9.59 Å². The Morgan fingerprint density at radius 1 is 1.15 bits per heavy atom. The molecule has 0 saturated heterocycles. The molecule has 0 spiro atoms. The molecule has 7 nitrogen and oxygen atoms in total. The van der Waals surface area contributed by atoms with E-state index in [1.54, 1.807) is 18.4 Å². The molecule has 0 atom stereocenters. The SMILES string of the molecule is COCCCNC(=O)c1c(NC(=O)Cc2c(C)nn(-c3ccccc3)c2C)sc2c1CCCC2. The Kier molecular flexibility index (Phi) is 7.80. The number of hydrogen-bond donors (Lipinski definition) is 2. The Morgan fingerprint density at radius 2 is 1.91 bits per heavy atom. The molecule has 0 bridgehead atoms. The zero-order chi connectivity index (χ0) is 24.1. The Balaban J connectivity index is 1.53. The Morgan fingerprint density at radius 3 is 2.68 bits per heavy atom. The van der Waals surface area contributed by atoms with Crippen molar-refractivity contribution in [3.63, 3.8) is 0 Å². The van der Waals surface area contributed by atoms with Crippen molar-refractivity contribution in [3.8, 4) is 5.69 Å². The van der Waals surface area contributed by atoms with Gasteiger partial charge >= 0.3 is 0 Å². The van der Waals surface area contributed by atoms with Gasteiger partial charge in [0.1, 0.15) is 5.00 Å². The van der Waals surface area contributed by atoms with Crippen molar-refractivity contribution in [3.05, 3.63) is 63.3 Å². The van der Waals surface area contributed by atoms with E-state index in [4.69, 9.17) is 4.74 Å². The first-order chi connectivity index (χ1) is 16.5. The van der Waals surface area contributed by atoms with Gasteiger partial charge in [-0.15, -0.1) is 11.3 Å². The number of aryl methyl sites for hydroxylation is 2.